The Morgan fingerprint density at radius 1 is 1.39 bits per heavy atom. The van der Waals surface area contributed by atoms with Gasteiger partial charge in [-0.2, -0.15) is 13.1 Å². The van der Waals surface area contributed by atoms with Gasteiger partial charge in [0.25, 0.3) is 0 Å². The first-order valence-electron chi connectivity index (χ1n) is 6.09. The van der Waals surface area contributed by atoms with Crippen LogP contribution in [0.5, 0.6) is 0 Å². The van der Waals surface area contributed by atoms with Crippen LogP contribution in [0.2, 0.25) is 0 Å². The highest BCUT2D eigenvalue weighted by molar-refractivity contribution is 7.84. The van der Waals surface area contributed by atoms with Gasteiger partial charge in [-0.1, -0.05) is 50.6 Å². The second-order valence-corrected chi connectivity index (χ2v) is 6.02. The molecule has 1 aliphatic carbocycles. The van der Waals surface area contributed by atoms with Gasteiger partial charge in [-0.3, -0.25) is 4.55 Å². The minimum atomic E-state index is -4.22. The summed E-state index contributed by atoms with van der Waals surface area (Å²) in [5, 5.41) is 0. The van der Waals surface area contributed by atoms with Crippen molar-refractivity contribution in [1.29, 1.82) is 0 Å². The molecule has 0 spiro atoms. The zero-order valence-electron chi connectivity index (χ0n) is 10.4. The Labute approximate surface area is 114 Å². The third kappa shape index (κ3) is 5.86. The summed E-state index contributed by atoms with van der Waals surface area (Å²) in [5.41, 5.74) is 1.12. The van der Waals surface area contributed by atoms with E-state index in [0.29, 0.717) is 4.86 Å². The van der Waals surface area contributed by atoms with Gasteiger partial charge in [-0.05, 0) is 24.5 Å². The van der Waals surface area contributed by atoms with Crippen LogP contribution in [0.1, 0.15) is 39.0 Å². The molecule has 6 heteroatoms. The van der Waals surface area contributed by atoms with E-state index in [2.05, 4.69) is 11.6 Å². The van der Waals surface area contributed by atoms with Crippen LogP contribution in [0.4, 0.5) is 0 Å². The number of allylic oxidation sites excluding steroid dienone is 2. The monoisotopic (exact) mass is 289 g/mol. The van der Waals surface area contributed by atoms with Crippen LogP contribution in [0.3, 0.4) is 0 Å². The van der Waals surface area contributed by atoms with Crippen LogP contribution >= 0.6 is 12.2 Å². The molecule has 2 N–H and O–H groups in total. The Morgan fingerprint density at radius 3 is 2.67 bits per heavy atom. The predicted molar refractivity (Wildman–Crippen MR) is 77.1 cm³/mol. The standard InChI is InChI=1S/C12H19NO3S2/c1-2-3-4-5-6-10-7-8-11(12(17)9-10)13-18(14,15)16/h7-9,11,13H,2-6H2,1H3,(H,14,15,16). The molecular formula is C12H19NO3S2. The number of rotatable bonds is 7. The highest BCUT2D eigenvalue weighted by Gasteiger charge is 2.18. The van der Waals surface area contributed by atoms with Gasteiger partial charge in [0, 0.05) is 4.86 Å². The fraction of sp³-hybridized carbons (Fsp3) is 0.583. The molecule has 1 aliphatic rings. The topological polar surface area (TPSA) is 66.4 Å². The molecule has 0 saturated heterocycles. The van der Waals surface area contributed by atoms with Crippen molar-refractivity contribution >= 4 is 27.4 Å². The summed E-state index contributed by atoms with van der Waals surface area (Å²) in [4.78, 5) is 0.487. The SMILES string of the molecule is CCCCCCC1=CC(=S)C(NS(=O)(=O)O)C=C1. The molecule has 0 aromatic heterocycles. The summed E-state index contributed by atoms with van der Waals surface area (Å²) in [6, 6.07) is -0.616. The molecule has 102 valence electrons. The molecule has 1 rings (SSSR count). The molecule has 0 saturated carbocycles. The van der Waals surface area contributed by atoms with Gasteiger partial charge in [0.15, 0.2) is 0 Å². The number of hydrogen-bond acceptors (Lipinski definition) is 3. The first-order chi connectivity index (χ1) is 8.42. The van der Waals surface area contributed by atoms with Gasteiger partial charge in [0.2, 0.25) is 0 Å². The van der Waals surface area contributed by atoms with Crippen molar-refractivity contribution in [3.8, 4) is 0 Å². The van der Waals surface area contributed by atoms with E-state index in [4.69, 9.17) is 16.8 Å². The van der Waals surface area contributed by atoms with Crippen LogP contribution in [0, 0.1) is 0 Å². The third-order valence-electron chi connectivity index (χ3n) is 2.73. The lowest BCUT2D eigenvalue weighted by Crippen LogP contribution is -2.38. The van der Waals surface area contributed by atoms with E-state index < -0.39 is 16.3 Å². The van der Waals surface area contributed by atoms with Crippen LogP contribution in [-0.4, -0.2) is 23.9 Å². The molecular weight excluding hydrogens is 270 g/mol. The van der Waals surface area contributed by atoms with Crippen molar-refractivity contribution in [3.63, 3.8) is 0 Å². The van der Waals surface area contributed by atoms with E-state index >= 15 is 0 Å². The van der Waals surface area contributed by atoms with E-state index in [1.54, 1.807) is 6.08 Å². The Balaban J connectivity index is 2.47. The second kappa shape index (κ2) is 7.13. The summed E-state index contributed by atoms with van der Waals surface area (Å²) < 4.78 is 32.2. The molecule has 18 heavy (non-hydrogen) atoms. The highest BCUT2D eigenvalue weighted by Crippen LogP contribution is 2.16. The quantitative estimate of drug-likeness (QED) is 0.429. The van der Waals surface area contributed by atoms with E-state index in [9.17, 15) is 8.42 Å². The van der Waals surface area contributed by atoms with Gasteiger partial charge < -0.3 is 0 Å². The first kappa shape index (κ1) is 15.5. The minimum Gasteiger partial charge on any atom is -0.273 e. The van der Waals surface area contributed by atoms with Gasteiger partial charge in [-0.15, -0.1) is 0 Å². The van der Waals surface area contributed by atoms with Crippen molar-refractivity contribution in [2.24, 2.45) is 0 Å². The minimum absolute atomic E-state index is 0.487. The molecule has 0 aromatic carbocycles. The van der Waals surface area contributed by atoms with Crippen molar-refractivity contribution in [2.45, 2.75) is 45.1 Å². The molecule has 0 radical (unpaired) electrons. The van der Waals surface area contributed by atoms with Crippen molar-refractivity contribution in [3.05, 3.63) is 23.8 Å². The molecule has 0 amide bonds. The smallest absolute Gasteiger partial charge is 0.273 e. The fourth-order valence-electron chi connectivity index (χ4n) is 1.80. The maximum absolute atomic E-state index is 10.7. The summed E-state index contributed by atoms with van der Waals surface area (Å²) in [6.45, 7) is 2.17. The molecule has 4 nitrogen and oxygen atoms in total. The Morgan fingerprint density at radius 2 is 2.11 bits per heavy atom. The van der Waals surface area contributed by atoms with E-state index in [0.717, 1.165) is 18.4 Å². The Hall–Kier alpha value is -0.560. The second-order valence-electron chi connectivity index (χ2n) is 4.36. The zero-order chi connectivity index (χ0) is 13.6. The van der Waals surface area contributed by atoms with Crippen LogP contribution in [0.15, 0.2) is 23.8 Å². The molecule has 0 aromatic rings. The van der Waals surface area contributed by atoms with Crippen molar-refractivity contribution in [1.82, 2.24) is 4.72 Å². The molecule has 0 aliphatic heterocycles. The largest absolute Gasteiger partial charge is 0.334 e. The summed E-state index contributed by atoms with van der Waals surface area (Å²) in [7, 11) is -4.22. The predicted octanol–water partition coefficient (Wildman–Crippen LogP) is 2.58. The van der Waals surface area contributed by atoms with E-state index in [1.165, 1.54) is 19.3 Å². The molecule has 0 fully saturated rings. The molecule has 1 unspecified atom stereocenters. The van der Waals surface area contributed by atoms with E-state index in [1.807, 2.05) is 12.2 Å². The number of thiocarbonyl (C=S) groups is 1. The molecule has 0 heterocycles. The number of nitrogens with one attached hydrogen (secondary N) is 1. The van der Waals surface area contributed by atoms with Gasteiger partial charge in [0.05, 0.1) is 6.04 Å². The average molecular weight is 289 g/mol. The van der Waals surface area contributed by atoms with Crippen molar-refractivity contribution in [2.75, 3.05) is 0 Å². The van der Waals surface area contributed by atoms with Crippen LogP contribution < -0.4 is 4.72 Å². The average Bonchev–Trinajstić information content (AvgIpc) is 2.26. The fourth-order valence-corrected chi connectivity index (χ4v) is 2.69. The van der Waals surface area contributed by atoms with Crippen molar-refractivity contribution < 1.29 is 13.0 Å². The molecule has 0 bridgehead atoms. The third-order valence-corrected chi connectivity index (χ3v) is 3.66. The zero-order valence-corrected chi connectivity index (χ0v) is 12.1. The number of unbranched alkanes of at least 4 members (excludes halogenated alkanes) is 3. The van der Waals surface area contributed by atoms with Gasteiger partial charge in [0.1, 0.15) is 0 Å². The van der Waals surface area contributed by atoms with E-state index in [-0.39, 0.29) is 0 Å². The van der Waals surface area contributed by atoms with Gasteiger partial charge >= 0.3 is 10.3 Å². The summed E-state index contributed by atoms with van der Waals surface area (Å²) in [6.07, 6.45) is 11.0. The lowest BCUT2D eigenvalue weighted by molar-refractivity contribution is 0.468. The maximum atomic E-state index is 10.7. The highest BCUT2D eigenvalue weighted by atomic mass is 32.2. The van der Waals surface area contributed by atoms with Crippen LogP contribution in [0.25, 0.3) is 0 Å². The van der Waals surface area contributed by atoms with Gasteiger partial charge in [-0.25, -0.2) is 0 Å². The first-order valence-corrected chi connectivity index (χ1v) is 7.94. The molecule has 1 atom stereocenters. The maximum Gasteiger partial charge on any atom is 0.334 e. The Bertz CT molecular complexity index is 452. The Kier molecular flexibility index (Phi) is 6.14. The van der Waals surface area contributed by atoms with Crippen LogP contribution in [-0.2, 0) is 10.3 Å². The summed E-state index contributed by atoms with van der Waals surface area (Å²) in [5.74, 6) is 0. The lowest BCUT2D eigenvalue weighted by Gasteiger charge is -2.17. The lowest BCUT2D eigenvalue weighted by atomic mass is 9.98. The number of hydrogen-bond donors (Lipinski definition) is 2. The summed E-state index contributed by atoms with van der Waals surface area (Å²) >= 11 is 5.11. The normalized spacial score (nSPS) is 20.0.